The van der Waals surface area contributed by atoms with Crippen LogP contribution in [0.15, 0.2) is 11.5 Å². The van der Waals surface area contributed by atoms with Gasteiger partial charge < -0.3 is 10.5 Å². The van der Waals surface area contributed by atoms with Crippen molar-refractivity contribution in [2.45, 2.75) is 45.3 Å². The normalized spacial score (nSPS) is 14.9. The molecule has 17 heavy (non-hydrogen) atoms. The highest BCUT2D eigenvalue weighted by atomic mass is 32.2. The minimum atomic E-state index is -3.12. The van der Waals surface area contributed by atoms with Crippen LogP contribution in [0.3, 0.4) is 0 Å². The molecule has 0 fully saturated rings. The van der Waals surface area contributed by atoms with Crippen LogP contribution in [0.1, 0.15) is 33.6 Å². The molecule has 0 saturated heterocycles. The van der Waals surface area contributed by atoms with Crippen molar-refractivity contribution in [1.29, 1.82) is 0 Å². The van der Waals surface area contributed by atoms with Gasteiger partial charge in [0, 0.05) is 18.1 Å². The number of hydrogen-bond donors (Lipinski definition) is 1. The topological polar surface area (TPSA) is 88.1 Å². The van der Waals surface area contributed by atoms with Crippen molar-refractivity contribution in [3.8, 4) is 0 Å². The summed E-state index contributed by atoms with van der Waals surface area (Å²) in [5.74, 6) is -0.293. The fourth-order valence-electron chi connectivity index (χ4n) is 1.05. The largest absolute Gasteiger partial charge is 0.460 e. The lowest BCUT2D eigenvalue weighted by atomic mass is 10.1. The number of carbonyl (C=O) groups is 1. The van der Waals surface area contributed by atoms with Crippen molar-refractivity contribution in [3.05, 3.63) is 11.5 Å². The van der Waals surface area contributed by atoms with Crippen LogP contribution in [0.2, 0.25) is 0 Å². The van der Waals surface area contributed by atoms with Crippen molar-refractivity contribution >= 4 is 15.8 Å². The standard InChI is InChI=1S/C11H21NO4S/c1-11(2,3)16-10(13)6-5-9(12)7-8-17(4,14)15/h7-9H,5-6,12H2,1-4H3/p+1/b8-7+/t9-/m0/s1. The summed E-state index contributed by atoms with van der Waals surface area (Å²) < 4.78 is 26.8. The first-order valence-electron chi connectivity index (χ1n) is 5.43. The molecule has 0 unspecified atom stereocenters. The zero-order valence-electron chi connectivity index (χ0n) is 10.9. The van der Waals surface area contributed by atoms with Crippen LogP contribution >= 0.6 is 0 Å². The molecule has 5 nitrogen and oxygen atoms in total. The van der Waals surface area contributed by atoms with Gasteiger partial charge >= 0.3 is 5.97 Å². The molecule has 0 aliphatic heterocycles. The molecule has 0 aliphatic carbocycles. The van der Waals surface area contributed by atoms with Crippen molar-refractivity contribution in [2.75, 3.05) is 6.26 Å². The van der Waals surface area contributed by atoms with Gasteiger partial charge in [-0.2, -0.15) is 0 Å². The molecule has 0 aromatic heterocycles. The molecule has 0 radical (unpaired) electrons. The Morgan fingerprint density at radius 2 is 1.94 bits per heavy atom. The second-order valence-corrected chi connectivity index (χ2v) is 6.97. The number of carbonyl (C=O) groups excluding carboxylic acids is 1. The van der Waals surface area contributed by atoms with E-state index in [0.29, 0.717) is 6.42 Å². The Morgan fingerprint density at radius 3 is 2.35 bits per heavy atom. The lowest BCUT2D eigenvalue weighted by Gasteiger charge is -2.19. The van der Waals surface area contributed by atoms with Crippen molar-refractivity contribution in [2.24, 2.45) is 0 Å². The van der Waals surface area contributed by atoms with E-state index in [-0.39, 0.29) is 18.4 Å². The molecular formula is C11H22NO4S+. The number of esters is 1. The fraction of sp³-hybridized carbons (Fsp3) is 0.727. The van der Waals surface area contributed by atoms with Crippen molar-refractivity contribution in [3.63, 3.8) is 0 Å². The third-order valence-corrected chi connectivity index (χ3v) is 2.39. The van der Waals surface area contributed by atoms with Crippen LogP contribution in [0, 0.1) is 0 Å². The molecule has 0 saturated carbocycles. The fourth-order valence-corrected chi connectivity index (χ4v) is 1.55. The monoisotopic (exact) mass is 264 g/mol. The van der Waals surface area contributed by atoms with Crippen LogP contribution in [0.5, 0.6) is 0 Å². The molecule has 1 atom stereocenters. The first-order chi connectivity index (χ1) is 7.49. The molecule has 100 valence electrons. The van der Waals surface area contributed by atoms with Crippen molar-refractivity contribution in [1.82, 2.24) is 0 Å². The van der Waals surface area contributed by atoms with E-state index in [9.17, 15) is 13.2 Å². The Morgan fingerprint density at radius 1 is 1.41 bits per heavy atom. The number of quaternary nitrogens is 1. The van der Waals surface area contributed by atoms with Gasteiger partial charge in [-0.05, 0) is 26.8 Å². The van der Waals surface area contributed by atoms with E-state index in [2.05, 4.69) is 5.73 Å². The zero-order chi connectivity index (χ0) is 13.7. The molecule has 0 heterocycles. The third-order valence-electron chi connectivity index (χ3n) is 1.74. The molecule has 0 aliphatic rings. The summed E-state index contributed by atoms with van der Waals surface area (Å²) in [5.41, 5.74) is 3.26. The Labute approximate surface area is 103 Å². The summed E-state index contributed by atoms with van der Waals surface area (Å²) >= 11 is 0. The Hall–Kier alpha value is -0.880. The SMILES string of the molecule is CC(C)(C)OC(=O)CC[C@H]([NH3+])/C=C/S(C)(=O)=O. The summed E-state index contributed by atoms with van der Waals surface area (Å²) in [7, 11) is -3.12. The molecule has 0 rings (SSSR count). The van der Waals surface area contributed by atoms with Gasteiger partial charge in [0.2, 0.25) is 0 Å². The molecule has 0 aromatic rings. The van der Waals surface area contributed by atoms with E-state index in [0.717, 1.165) is 11.7 Å². The van der Waals surface area contributed by atoms with Crippen LogP contribution in [0.4, 0.5) is 0 Å². The van der Waals surface area contributed by atoms with E-state index in [1.807, 2.05) is 0 Å². The highest BCUT2D eigenvalue weighted by molar-refractivity contribution is 7.93. The maximum absolute atomic E-state index is 11.4. The van der Waals surface area contributed by atoms with E-state index < -0.39 is 15.4 Å². The minimum absolute atomic E-state index is 0.211. The molecule has 6 heteroatoms. The molecule has 0 spiro atoms. The maximum Gasteiger partial charge on any atom is 0.306 e. The Bertz CT molecular complexity index is 379. The number of rotatable bonds is 5. The van der Waals surface area contributed by atoms with Gasteiger partial charge in [-0.15, -0.1) is 0 Å². The molecule has 0 amide bonds. The Kier molecular flexibility index (Phi) is 5.84. The van der Waals surface area contributed by atoms with E-state index in [1.165, 1.54) is 6.08 Å². The molecular weight excluding hydrogens is 242 g/mol. The van der Waals surface area contributed by atoms with Gasteiger partial charge in [0.05, 0.1) is 6.42 Å². The van der Waals surface area contributed by atoms with Crippen LogP contribution < -0.4 is 5.73 Å². The first kappa shape index (κ1) is 16.1. The minimum Gasteiger partial charge on any atom is -0.460 e. The van der Waals surface area contributed by atoms with E-state index >= 15 is 0 Å². The predicted molar refractivity (Wildman–Crippen MR) is 65.7 cm³/mol. The highest BCUT2D eigenvalue weighted by Gasteiger charge is 2.17. The Balaban J connectivity index is 4.05. The predicted octanol–water partition coefficient (Wildman–Crippen LogP) is 0.277. The lowest BCUT2D eigenvalue weighted by molar-refractivity contribution is -0.404. The van der Waals surface area contributed by atoms with Gasteiger partial charge in [-0.1, -0.05) is 0 Å². The molecule has 3 N–H and O–H groups in total. The summed E-state index contributed by atoms with van der Waals surface area (Å²) in [6.45, 7) is 5.41. The summed E-state index contributed by atoms with van der Waals surface area (Å²) in [5, 5.41) is 1.11. The van der Waals surface area contributed by atoms with Crippen molar-refractivity contribution < 1.29 is 23.7 Å². The lowest BCUT2D eigenvalue weighted by Crippen LogP contribution is -2.59. The second kappa shape index (κ2) is 6.16. The van der Waals surface area contributed by atoms with Crippen LogP contribution in [-0.4, -0.2) is 32.3 Å². The molecule has 0 bridgehead atoms. The highest BCUT2D eigenvalue weighted by Crippen LogP contribution is 2.09. The number of ether oxygens (including phenoxy) is 1. The first-order valence-corrected chi connectivity index (χ1v) is 7.38. The number of hydrogen-bond acceptors (Lipinski definition) is 4. The summed E-state index contributed by atoms with van der Waals surface area (Å²) in [6, 6.07) is -0.211. The van der Waals surface area contributed by atoms with Crippen LogP contribution in [0.25, 0.3) is 0 Å². The maximum atomic E-state index is 11.4. The van der Waals surface area contributed by atoms with Crippen LogP contribution in [-0.2, 0) is 19.4 Å². The van der Waals surface area contributed by atoms with Gasteiger partial charge in [0.1, 0.15) is 11.6 Å². The van der Waals surface area contributed by atoms with E-state index in [4.69, 9.17) is 4.74 Å². The van der Waals surface area contributed by atoms with Gasteiger partial charge in [-0.3, -0.25) is 4.79 Å². The average molecular weight is 264 g/mol. The summed E-state index contributed by atoms with van der Waals surface area (Å²) in [6.07, 6.45) is 3.31. The van der Waals surface area contributed by atoms with Gasteiger partial charge in [0.25, 0.3) is 0 Å². The average Bonchev–Trinajstić information content (AvgIpc) is 2.07. The van der Waals surface area contributed by atoms with E-state index in [1.54, 1.807) is 20.8 Å². The zero-order valence-corrected chi connectivity index (χ0v) is 11.7. The second-order valence-electron chi connectivity index (χ2n) is 5.04. The van der Waals surface area contributed by atoms with Gasteiger partial charge in [-0.25, -0.2) is 8.42 Å². The molecule has 0 aromatic carbocycles. The quantitative estimate of drug-likeness (QED) is 0.722. The number of sulfone groups is 1. The summed E-state index contributed by atoms with van der Waals surface area (Å²) in [4.78, 5) is 11.4. The third kappa shape index (κ3) is 11.4. The smallest absolute Gasteiger partial charge is 0.306 e. The van der Waals surface area contributed by atoms with Gasteiger partial charge in [0.15, 0.2) is 9.84 Å².